The number of rotatable bonds is 6. The summed E-state index contributed by atoms with van der Waals surface area (Å²) >= 11 is 0. The predicted molar refractivity (Wildman–Crippen MR) is 108 cm³/mol. The van der Waals surface area contributed by atoms with Gasteiger partial charge in [0.2, 0.25) is 11.8 Å². The van der Waals surface area contributed by atoms with Gasteiger partial charge in [0.25, 0.3) is 0 Å². The van der Waals surface area contributed by atoms with E-state index in [1.54, 1.807) is 29.2 Å². The van der Waals surface area contributed by atoms with Crippen LogP contribution in [0.2, 0.25) is 0 Å². The minimum absolute atomic E-state index is 0.121. The molecule has 0 saturated carbocycles. The normalized spacial score (nSPS) is 15.5. The monoisotopic (exact) mass is 400 g/mol. The quantitative estimate of drug-likeness (QED) is 0.808. The summed E-state index contributed by atoms with van der Waals surface area (Å²) < 4.78 is 23.1. The maximum atomic E-state index is 12.3. The van der Waals surface area contributed by atoms with Gasteiger partial charge < -0.3 is 10.2 Å². The van der Waals surface area contributed by atoms with Crippen LogP contribution in [-0.2, 0) is 25.8 Å². The fraction of sp³-hybridized carbons (Fsp3) is 0.333. The van der Waals surface area contributed by atoms with Crippen LogP contribution >= 0.6 is 0 Å². The second-order valence-electron chi connectivity index (χ2n) is 7.12. The molecule has 2 amide bonds. The van der Waals surface area contributed by atoms with Crippen molar-refractivity contribution >= 4 is 27.3 Å². The Morgan fingerprint density at radius 3 is 2.29 bits per heavy atom. The molecule has 1 atom stereocenters. The molecule has 0 spiro atoms. The molecule has 7 heteroatoms. The highest BCUT2D eigenvalue weighted by molar-refractivity contribution is 7.90. The van der Waals surface area contributed by atoms with Crippen LogP contribution < -0.4 is 10.2 Å². The molecule has 2 aromatic carbocycles. The molecule has 1 saturated heterocycles. The lowest BCUT2D eigenvalue weighted by Gasteiger charge is -2.17. The topological polar surface area (TPSA) is 83.6 Å². The molecule has 148 valence electrons. The molecule has 1 aliphatic rings. The number of anilines is 1. The fourth-order valence-electron chi connectivity index (χ4n) is 3.28. The van der Waals surface area contributed by atoms with E-state index in [0.29, 0.717) is 6.42 Å². The average Bonchev–Trinajstić information content (AvgIpc) is 3.07. The van der Waals surface area contributed by atoms with Crippen molar-refractivity contribution in [1.29, 1.82) is 0 Å². The first-order valence-corrected chi connectivity index (χ1v) is 11.1. The van der Waals surface area contributed by atoms with Gasteiger partial charge in [-0.15, -0.1) is 0 Å². The van der Waals surface area contributed by atoms with Crippen LogP contribution in [0.5, 0.6) is 0 Å². The van der Waals surface area contributed by atoms with Crippen LogP contribution in [-0.4, -0.2) is 33.0 Å². The minimum Gasteiger partial charge on any atom is -0.349 e. The molecule has 1 N–H and O–H groups in total. The highest BCUT2D eigenvalue weighted by Crippen LogP contribution is 2.22. The Bertz CT molecular complexity index is 966. The van der Waals surface area contributed by atoms with E-state index in [2.05, 4.69) is 5.32 Å². The highest BCUT2D eigenvalue weighted by Gasteiger charge is 2.21. The molecule has 28 heavy (non-hydrogen) atoms. The third kappa shape index (κ3) is 4.78. The van der Waals surface area contributed by atoms with Crippen LogP contribution in [0.1, 0.15) is 36.9 Å². The predicted octanol–water partition coefficient (Wildman–Crippen LogP) is 2.64. The van der Waals surface area contributed by atoms with Gasteiger partial charge in [-0.2, -0.15) is 0 Å². The summed E-state index contributed by atoms with van der Waals surface area (Å²) in [6.07, 6.45) is 2.87. The number of carbonyl (C=O) groups excluding carboxylic acids is 2. The zero-order chi connectivity index (χ0) is 20.3. The van der Waals surface area contributed by atoms with Crippen molar-refractivity contribution < 1.29 is 18.0 Å². The lowest BCUT2D eigenvalue weighted by atomic mass is 10.1. The van der Waals surface area contributed by atoms with E-state index < -0.39 is 9.84 Å². The van der Waals surface area contributed by atoms with E-state index >= 15 is 0 Å². The van der Waals surface area contributed by atoms with Crippen LogP contribution in [0.4, 0.5) is 5.69 Å². The first-order valence-electron chi connectivity index (χ1n) is 9.23. The van der Waals surface area contributed by atoms with Gasteiger partial charge in [-0.3, -0.25) is 9.59 Å². The van der Waals surface area contributed by atoms with E-state index in [-0.39, 0.29) is 29.2 Å². The van der Waals surface area contributed by atoms with E-state index in [9.17, 15) is 18.0 Å². The zero-order valence-electron chi connectivity index (χ0n) is 16.0. The van der Waals surface area contributed by atoms with Crippen molar-refractivity contribution in [2.24, 2.45) is 0 Å². The third-order valence-corrected chi connectivity index (χ3v) is 6.00. The summed E-state index contributed by atoms with van der Waals surface area (Å²) in [6.45, 7) is 2.60. The van der Waals surface area contributed by atoms with Crippen molar-refractivity contribution in [3.05, 3.63) is 59.7 Å². The Morgan fingerprint density at radius 1 is 1.11 bits per heavy atom. The van der Waals surface area contributed by atoms with Gasteiger partial charge in [0.1, 0.15) is 0 Å². The van der Waals surface area contributed by atoms with Gasteiger partial charge in [-0.25, -0.2) is 8.42 Å². The molecule has 0 unspecified atom stereocenters. The molecular formula is C21H24N2O4S. The maximum Gasteiger partial charge on any atom is 0.227 e. The van der Waals surface area contributed by atoms with Crippen molar-refractivity contribution in [2.75, 3.05) is 17.7 Å². The smallest absolute Gasteiger partial charge is 0.227 e. The average molecular weight is 401 g/mol. The Balaban J connectivity index is 1.58. The van der Waals surface area contributed by atoms with Crippen molar-refractivity contribution in [3.63, 3.8) is 0 Å². The van der Waals surface area contributed by atoms with Crippen LogP contribution in [0.15, 0.2) is 53.4 Å². The maximum absolute atomic E-state index is 12.3. The summed E-state index contributed by atoms with van der Waals surface area (Å²) in [6, 6.07) is 13.8. The zero-order valence-corrected chi connectivity index (χ0v) is 16.8. The molecule has 0 aromatic heterocycles. The van der Waals surface area contributed by atoms with Gasteiger partial charge in [0, 0.05) is 24.9 Å². The first-order chi connectivity index (χ1) is 13.2. The summed E-state index contributed by atoms with van der Waals surface area (Å²) in [5.41, 5.74) is 2.57. The third-order valence-electron chi connectivity index (χ3n) is 4.87. The standard InChI is InChI=1S/C21H24N2O4S/c1-15(17-7-11-19(12-8-17)28(2,26)27)22-20(24)14-16-5-9-18(10-6-16)23-13-3-4-21(23)25/h5-12,15H,3-4,13-14H2,1-2H3,(H,22,24)/t15-/m0/s1. The molecule has 2 aromatic rings. The lowest BCUT2D eigenvalue weighted by molar-refractivity contribution is -0.121. The van der Waals surface area contributed by atoms with Gasteiger partial charge >= 0.3 is 0 Å². The van der Waals surface area contributed by atoms with E-state index in [1.165, 1.54) is 0 Å². The molecule has 1 heterocycles. The van der Waals surface area contributed by atoms with Crippen LogP contribution in [0, 0.1) is 0 Å². The van der Waals surface area contributed by atoms with Crippen molar-refractivity contribution in [1.82, 2.24) is 5.32 Å². The second-order valence-corrected chi connectivity index (χ2v) is 9.14. The number of hydrogen-bond donors (Lipinski definition) is 1. The number of hydrogen-bond acceptors (Lipinski definition) is 4. The molecule has 0 bridgehead atoms. The molecule has 0 aliphatic carbocycles. The molecule has 6 nitrogen and oxygen atoms in total. The minimum atomic E-state index is -3.23. The molecule has 0 radical (unpaired) electrons. The number of amides is 2. The Kier molecular flexibility index (Phi) is 5.84. The molecular weight excluding hydrogens is 376 g/mol. The molecule has 1 aliphatic heterocycles. The fourth-order valence-corrected chi connectivity index (χ4v) is 3.91. The van der Waals surface area contributed by atoms with Gasteiger partial charge in [-0.1, -0.05) is 24.3 Å². The number of carbonyl (C=O) groups is 2. The Labute approximate surface area is 165 Å². The van der Waals surface area contributed by atoms with Crippen LogP contribution in [0.3, 0.4) is 0 Å². The SMILES string of the molecule is C[C@H](NC(=O)Cc1ccc(N2CCCC2=O)cc1)c1ccc(S(C)(=O)=O)cc1. The summed E-state index contributed by atoms with van der Waals surface area (Å²) in [5, 5.41) is 2.93. The number of sulfone groups is 1. The highest BCUT2D eigenvalue weighted by atomic mass is 32.2. The summed E-state index contributed by atoms with van der Waals surface area (Å²) in [4.78, 5) is 26.2. The molecule has 3 rings (SSSR count). The van der Waals surface area contributed by atoms with E-state index in [0.717, 1.165) is 36.0 Å². The number of benzene rings is 2. The number of nitrogens with one attached hydrogen (secondary N) is 1. The van der Waals surface area contributed by atoms with Gasteiger partial charge in [-0.05, 0) is 48.7 Å². The number of nitrogens with zero attached hydrogens (tertiary/aromatic N) is 1. The van der Waals surface area contributed by atoms with Crippen LogP contribution in [0.25, 0.3) is 0 Å². The second kappa shape index (κ2) is 8.14. The van der Waals surface area contributed by atoms with Crippen molar-refractivity contribution in [2.45, 2.75) is 37.1 Å². The Morgan fingerprint density at radius 2 is 1.75 bits per heavy atom. The largest absolute Gasteiger partial charge is 0.349 e. The van der Waals surface area contributed by atoms with E-state index in [1.807, 2.05) is 31.2 Å². The summed E-state index contributed by atoms with van der Waals surface area (Å²) in [5.74, 6) is 0.0193. The van der Waals surface area contributed by atoms with Gasteiger partial charge in [0.05, 0.1) is 17.4 Å². The van der Waals surface area contributed by atoms with Gasteiger partial charge in [0.15, 0.2) is 9.84 Å². The lowest BCUT2D eigenvalue weighted by Crippen LogP contribution is -2.28. The van der Waals surface area contributed by atoms with E-state index in [4.69, 9.17) is 0 Å². The molecule has 1 fully saturated rings. The van der Waals surface area contributed by atoms with Crippen molar-refractivity contribution in [3.8, 4) is 0 Å². The Hall–Kier alpha value is -2.67. The summed E-state index contributed by atoms with van der Waals surface area (Å²) in [7, 11) is -3.23. The first kappa shape index (κ1) is 20.1.